The number of carbonyl (C=O) groups excluding carboxylic acids is 1. The van der Waals surface area contributed by atoms with Gasteiger partial charge >= 0.3 is 4.87 Å². The SMILES string of the molecule is CN1CCN(S(=O)(=O)c2ccc3c(c2)sc(=O)n3CCC(=O)N2CCCCC2)CC1. The molecular weight excluding hydrogens is 424 g/mol. The number of sulfonamides is 1. The first kappa shape index (κ1) is 21.5. The van der Waals surface area contributed by atoms with E-state index in [1.165, 1.54) is 4.31 Å². The van der Waals surface area contributed by atoms with E-state index < -0.39 is 10.0 Å². The number of aromatic nitrogens is 1. The van der Waals surface area contributed by atoms with E-state index in [0.29, 0.717) is 42.9 Å². The molecule has 164 valence electrons. The molecule has 2 saturated heterocycles. The summed E-state index contributed by atoms with van der Waals surface area (Å²) in [5, 5.41) is 0. The lowest BCUT2D eigenvalue weighted by Gasteiger charge is -2.31. The van der Waals surface area contributed by atoms with E-state index in [4.69, 9.17) is 0 Å². The number of fused-ring (bicyclic) bond motifs is 1. The molecule has 3 heterocycles. The summed E-state index contributed by atoms with van der Waals surface area (Å²) in [7, 11) is -1.60. The lowest BCUT2D eigenvalue weighted by molar-refractivity contribution is -0.132. The third kappa shape index (κ3) is 4.32. The van der Waals surface area contributed by atoms with E-state index in [2.05, 4.69) is 4.90 Å². The minimum Gasteiger partial charge on any atom is -0.343 e. The van der Waals surface area contributed by atoms with Crippen molar-refractivity contribution in [2.75, 3.05) is 46.3 Å². The van der Waals surface area contributed by atoms with Crippen molar-refractivity contribution < 1.29 is 13.2 Å². The number of amides is 1. The van der Waals surface area contributed by atoms with Gasteiger partial charge in [0.2, 0.25) is 15.9 Å². The predicted octanol–water partition coefficient (Wildman–Crippen LogP) is 1.40. The van der Waals surface area contributed by atoms with Crippen LogP contribution in [0.25, 0.3) is 10.2 Å². The van der Waals surface area contributed by atoms with Crippen molar-refractivity contribution in [3.8, 4) is 0 Å². The van der Waals surface area contributed by atoms with Gasteiger partial charge in [0.05, 0.1) is 15.1 Å². The average Bonchev–Trinajstić information content (AvgIpc) is 3.07. The Kier molecular flexibility index (Phi) is 6.29. The Hall–Kier alpha value is -1.75. The lowest BCUT2D eigenvalue weighted by Crippen LogP contribution is -2.46. The summed E-state index contributed by atoms with van der Waals surface area (Å²) in [5.74, 6) is 0.0789. The van der Waals surface area contributed by atoms with E-state index in [0.717, 1.165) is 43.7 Å². The number of likely N-dealkylation sites (N-methyl/N-ethyl adjacent to an activating group) is 1. The number of hydrogen-bond donors (Lipinski definition) is 0. The standard InChI is InChI=1S/C20H28N4O4S2/c1-21-11-13-23(14-12-21)30(27,28)16-5-6-17-18(15-16)29-20(26)24(17)10-7-19(25)22-8-3-2-4-9-22/h5-6,15H,2-4,7-14H2,1H3. The molecule has 8 nitrogen and oxygen atoms in total. The van der Waals surface area contributed by atoms with Crippen LogP contribution in [0.2, 0.25) is 0 Å². The zero-order chi connectivity index (χ0) is 21.3. The molecule has 0 unspecified atom stereocenters. The van der Waals surface area contributed by atoms with Crippen LogP contribution in [0.3, 0.4) is 0 Å². The summed E-state index contributed by atoms with van der Waals surface area (Å²) in [5.41, 5.74) is 0.689. The Bertz CT molecular complexity index is 1080. The van der Waals surface area contributed by atoms with Gasteiger partial charge in [-0.05, 0) is 44.5 Å². The minimum atomic E-state index is -3.58. The maximum atomic E-state index is 13.0. The van der Waals surface area contributed by atoms with Gasteiger partial charge in [0.25, 0.3) is 0 Å². The molecule has 10 heteroatoms. The van der Waals surface area contributed by atoms with Crippen molar-refractivity contribution in [3.05, 3.63) is 27.9 Å². The maximum absolute atomic E-state index is 13.0. The summed E-state index contributed by atoms with van der Waals surface area (Å²) in [6, 6.07) is 4.87. The number of hydrogen-bond acceptors (Lipinski definition) is 6. The first-order valence-electron chi connectivity index (χ1n) is 10.5. The number of likely N-dealkylation sites (tertiary alicyclic amines) is 1. The molecule has 4 rings (SSSR count). The first-order valence-corrected chi connectivity index (χ1v) is 12.7. The molecule has 0 radical (unpaired) electrons. The number of rotatable bonds is 5. The van der Waals surface area contributed by atoms with Gasteiger partial charge in [0, 0.05) is 52.2 Å². The quantitative estimate of drug-likeness (QED) is 0.685. The molecule has 0 aliphatic carbocycles. The van der Waals surface area contributed by atoms with Crippen LogP contribution in [0.5, 0.6) is 0 Å². The number of nitrogens with zero attached hydrogens (tertiary/aromatic N) is 4. The fourth-order valence-electron chi connectivity index (χ4n) is 4.11. The number of piperazine rings is 1. The number of piperidine rings is 1. The van der Waals surface area contributed by atoms with Crippen molar-refractivity contribution in [2.45, 2.75) is 37.1 Å². The summed E-state index contributed by atoms with van der Waals surface area (Å²) in [6.07, 6.45) is 3.53. The summed E-state index contributed by atoms with van der Waals surface area (Å²) < 4.78 is 29.7. The van der Waals surface area contributed by atoms with E-state index in [-0.39, 0.29) is 22.1 Å². The number of carbonyl (C=O) groups is 1. The topological polar surface area (TPSA) is 82.9 Å². The Balaban J connectivity index is 1.52. The monoisotopic (exact) mass is 452 g/mol. The summed E-state index contributed by atoms with van der Waals surface area (Å²) in [6.45, 7) is 4.25. The molecule has 0 saturated carbocycles. The van der Waals surface area contributed by atoms with Gasteiger partial charge in [-0.3, -0.25) is 14.2 Å². The highest BCUT2D eigenvalue weighted by molar-refractivity contribution is 7.89. The largest absolute Gasteiger partial charge is 0.343 e. The first-order chi connectivity index (χ1) is 14.4. The third-order valence-corrected chi connectivity index (χ3v) is 8.83. The Morgan fingerprint density at radius 2 is 1.73 bits per heavy atom. The molecule has 2 aliphatic rings. The number of thiazole rings is 1. The smallest absolute Gasteiger partial charge is 0.308 e. The van der Waals surface area contributed by atoms with Gasteiger partial charge < -0.3 is 9.80 Å². The van der Waals surface area contributed by atoms with Gasteiger partial charge in [-0.2, -0.15) is 4.31 Å². The van der Waals surface area contributed by atoms with E-state index in [1.807, 2.05) is 11.9 Å². The van der Waals surface area contributed by atoms with E-state index in [1.54, 1.807) is 22.8 Å². The Morgan fingerprint density at radius 3 is 2.43 bits per heavy atom. The molecule has 0 bridgehead atoms. The van der Waals surface area contributed by atoms with Crippen LogP contribution in [-0.2, 0) is 21.4 Å². The van der Waals surface area contributed by atoms with E-state index in [9.17, 15) is 18.0 Å². The second-order valence-electron chi connectivity index (χ2n) is 8.05. The van der Waals surface area contributed by atoms with Gasteiger partial charge in [0.15, 0.2) is 0 Å². The summed E-state index contributed by atoms with van der Waals surface area (Å²) >= 11 is 1.03. The molecule has 0 atom stereocenters. The lowest BCUT2D eigenvalue weighted by atomic mass is 10.1. The molecule has 2 aliphatic heterocycles. The molecule has 0 spiro atoms. The molecule has 30 heavy (non-hydrogen) atoms. The molecule has 1 amide bonds. The van der Waals surface area contributed by atoms with Crippen LogP contribution >= 0.6 is 11.3 Å². The van der Waals surface area contributed by atoms with Crippen molar-refractivity contribution in [1.82, 2.24) is 18.7 Å². The highest BCUT2D eigenvalue weighted by atomic mass is 32.2. The van der Waals surface area contributed by atoms with Gasteiger partial charge in [-0.25, -0.2) is 8.42 Å². The Labute approximate surface area is 180 Å². The minimum absolute atomic E-state index is 0.0789. The fourth-order valence-corrected chi connectivity index (χ4v) is 6.59. The zero-order valence-electron chi connectivity index (χ0n) is 17.2. The normalized spacial score (nSPS) is 19.4. The highest BCUT2D eigenvalue weighted by Gasteiger charge is 2.28. The van der Waals surface area contributed by atoms with Crippen LogP contribution in [0, 0.1) is 0 Å². The molecule has 1 aromatic heterocycles. The van der Waals surface area contributed by atoms with Crippen LogP contribution < -0.4 is 4.87 Å². The summed E-state index contributed by atoms with van der Waals surface area (Å²) in [4.78, 5) is 29.0. The molecule has 2 aromatic rings. The van der Waals surface area contributed by atoms with E-state index >= 15 is 0 Å². The third-order valence-electron chi connectivity index (χ3n) is 6.00. The maximum Gasteiger partial charge on any atom is 0.308 e. The van der Waals surface area contributed by atoms with Crippen LogP contribution in [-0.4, -0.2) is 79.3 Å². The average molecular weight is 453 g/mol. The molecule has 1 aromatic carbocycles. The molecule has 2 fully saturated rings. The highest BCUT2D eigenvalue weighted by Crippen LogP contribution is 2.25. The van der Waals surface area contributed by atoms with Crippen LogP contribution in [0.4, 0.5) is 0 Å². The van der Waals surface area contributed by atoms with Crippen molar-refractivity contribution in [3.63, 3.8) is 0 Å². The zero-order valence-corrected chi connectivity index (χ0v) is 18.9. The van der Waals surface area contributed by atoms with Crippen molar-refractivity contribution >= 4 is 37.5 Å². The van der Waals surface area contributed by atoms with Crippen LogP contribution in [0.15, 0.2) is 27.9 Å². The van der Waals surface area contributed by atoms with Crippen molar-refractivity contribution in [1.29, 1.82) is 0 Å². The van der Waals surface area contributed by atoms with Gasteiger partial charge in [-0.15, -0.1) is 0 Å². The second kappa shape index (κ2) is 8.78. The Morgan fingerprint density at radius 1 is 1.03 bits per heavy atom. The number of aryl methyl sites for hydroxylation is 1. The molecule has 0 N–H and O–H groups in total. The van der Waals surface area contributed by atoms with Crippen LogP contribution in [0.1, 0.15) is 25.7 Å². The van der Waals surface area contributed by atoms with Crippen molar-refractivity contribution in [2.24, 2.45) is 0 Å². The second-order valence-corrected chi connectivity index (χ2v) is 11.0. The van der Waals surface area contributed by atoms with Gasteiger partial charge in [0.1, 0.15) is 0 Å². The number of benzene rings is 1. The van der Waals surface area contributed by atoms with Gasteiger partial charge in [-0.1, -0.05) is 11.3 Å². The molecular formula is C20H28N4O4S2. The predicted molar refractivity (Wildman–Crippen MR) is 117 cm³/mol. The fraction of sp³-hybridized carbons (Fsp3) is 0.600.